The third kappa shape index (κ3) is 2.12. The van der Waals surface area contributed by atoms with Gasteiger partial charge in [-0.05, 0) is 55.1 Å². The van der Waals surface area contributed by atoms with E-state index in [0.717, 1.165) is 17.2 Å². The van der Waals surface area contributed by atoms with Crippen LogP contribution in [0.3, 0.4) is 0 Å². The Kier molecular flexibility index (Phi) is 3.05. The highest BCUT2D eigenvalue weighted by Crippen LogP contribution is 2.63. The van der Waals surface area contributed by atoms with Gasteiger partial charge in [0, 0.05) is 23.4 Å². The molecule has 4 nitrogen and oxygen atoms in total. The van der Waals surface area contributed by atoms with Crippen LogP contribution in [0.1, 0.15) is 45.6 Å². The zero-order valence-corrected chi connectivity index (χ0v) is 13.3. The number of nitro benzene ring substituents is 1. The van der Waals surface area contributed by atoms with Crippen molar-refractivity contribution in [2.24, 2.45) is 16.7 Å². The largest absolute Gasteiger partial charge is 0.381 e. The molecule has 0 spiro atoms. The number of benzene rings is 1. The average Bonchev–Trinajstić information content (AvgIpc) is 2.85. The summed E-state index contributed by atoms with van der Waals surface area (Å²) >= 11 is 0. The molecule has 1 aromatic carbocycles. The summed E-state index contributed by atoms with van der Waals surface area (Å²) in [6.07, 6.45) is 3.91. The number of hydrogen-bond donors (Lipinski definition) is 1. The molecule has 0 heterocycles. The van der Waals surface area contributed by atoms with Gasteiger partial charge in [-0.2, -0.15) is 0 Å². The lowest BCUT2D eigenvalue weighted by Crippen LogP contribution is -2.45. The van der Waals surface area contributed by atoms with E-state index >= 15 is 0 Å². The molecular weight excluding hydrogens is 264 g/mol. The number of aryl methyl sites for hydroxylation is 1. The molecule has 0 aliphatic heterocycles. The van der Waals surface area contributed by atoms with Crippen LogP contribution in [0.4, 0.5) is 11.4 Å². The topological polar surface area (TPSA) is 55.2 Å². The minimum Gasteiger partial charge on any atom is -0.381 e. The molecule has 3 rings (SSSR count). The Labute approximate surface area is 126 Å². The Morgan fingerprint density at radius 3 is 2.57 bits per heavy atom. The van der Waals surface area contributed by atoms with Gasteiger partial charge >= 0.3 is 0 Å². The number of rotatable bonds is 3. The first-order valence-electron chi connectivity index (χ1n) is 7.76. The summed E-state index contributed by atoms with van der Waals surface area (Å²) in [7, 11) is 0. The zero-order chi connectivity index (χ0) is 15.4. The van der Waals surface area contributed by atoms with Crippen molar-refractivity contribution in [3.63, 3.8) is 0 Å². The molecule has 2 fully saturated rings. The van der Waals surface area contributed by atoms with E-state index in [1.54, 1.807) is 13.0 Å². The molecule has 2 aliphatic rings. The monoisotopic (exact) mass is 288 g/mol. The lowest BCUT2D eigenvalue weighted by Gasteiger charge is -2.43. The van der Waals surface area contributed by atoms with Crippen molar-refractivity contribution in [3.8, 4) is 0 Å². The molecule has 2 saturated carbocycles. The third-order valence-corrected chi connectivity index (χ3v) is 5.97. The van der Waals surface area contributed by atoms with Crippen molar-refractivity contribution in [1.82, 2.24) is 0 Å². The minimum absolute atomic E-state index is 0.193. The Morgan fingerprint density at radius 1 is 1.33 bits per heavy atom. The molecular formula is C17H24N2O2. The van der Waals surface area contributed by atoms with Crippen molar-refractivity contribution in [2.45, 2.75) is 53.0 Å². The van der Waals surface area contributed by atoms with Crippen LogP contribution >= 0.6 is 0 Å². The van der Waals surface area contributed by atoms with E-state index in [1.807, 2.05) is 12.1 Å². The van der Waals surface area contributed by atoms with Gasteiger partial charge in [-0.3, -0.25) is 10.1 Å². The fraction of sp³-hybridized carbons (Fsp3) is 0.647. The van der Waals surface area contributed by atoms with Crippen molar-refractivity contribution >= 4 is 11.4 Å². The number of nitro groups is 1. The maximum atomic E-state index is 10.9. The lowest BCUT2D eigenvalue weighted by molar-refractivity contribution is -0.385. The summed E-state index contributed by atoms with van der Waals surface area (Å²) in [5.41, 5.74) is 2.55. The average molecular weight is 288 g/mol. The molecule has 2 aliphatic carbocycles. The molecule has 0 saturated heterocycles. The second kappa shape index (κ2) is 4.46. The van der Waals surface area contributed by atoms with E-state index in [4.69, 9.17) is 0 Å². The van der Waals surface area contributed by atoms with Crippen LogP contribution < -0.4 is 5.32 Å². The van der Waals surface area contributed by atoms with Gasteiger partial charge in [0.1, 0.15) is 0 Å². The number of nitrogens with one attached hydrogen (secondary N) is 1. The highest BCUT2D eigenvalue weighted by atomic mass is 16.6. The Morgan fingerprint density at radius 2 is 2.05 bits per heavy atom. The molecule has 3 atom stereocenters. The first kappa shape index (κ1) is 14.4. The summed E-state index contributed by atoms with van der Waals surface area (Å²) < 4.78 is 0. The molecule has 114 valence electrons. The zero-order valence-electron chi connectivity index (χ0n) is 13.3. The lowest BCUT2D eigenvalue weighted by atomic mass is 9.68. The Balaban J connectivity index is 1.87. The minimum atomic E-state index is -0.318. The van der Waals surface area contributed by atoms with Crippen LogP contribution in [0.25, 0.3) is 0 Å². The summed E-state index contributed by atoms with van der Waals surface area (Å²) in [5.74, 6) is 0.791. The van der Waals surface area contributed by atoms with E-state index < -0.39 is 0 Å². The molecule has 2 bridgehead atoms. The maximum Gasteiger partial charge on any atom is 0.272 e. The second-order valence-electron chi connectivity index (χ2n) is 7.75. The summed E-state index contributed by atoms with van der Waals surface area (Å²) in [6.45, 7) is 8.91. The van der Waals surface area contributed by atoms with Crippen LogP contribution in [-0.2, 0) is 0 Å². The fourth-order valence-electron chi connectivity index (χ4n) is 4.78. The molecule has 4 heteroatoms. The van der Waals surface area contributed by atoms with Crippen LogP contribution in [0.5, 0.6) is 0 Å². The van der Waals surface area contributed by atoms with Crippen LogP contribution in [0.2, 0.25) is 0 Å². The number of anilines is 1. The first-order valence-corrected chi connectivity index (χ1v) is 7.76. The molecule has 1 N–H and O–H groups in total. The number of hydrogen-bond acceptors (Lipinski definition) is 3. The Hall–Kier alpha value is -1.58. The van der Waals surface area contributed by atoms with E-state index in [-0.39, 0.29) is 16.0 Å². The maximum absolute atomic E-state index is 10.9. The van der Waals surface area contributed by atoms with E-state index in [2.05, 4.69) is 26.1 Å². The van der Waals surface area contributed by atoms with Gasteiger partial charge in [-0.25, -0.2) is 0 Å². The van der Waals surface area contributed by atoms with Crippen molar-refractivity contribution in [1.29, 1.82) is 0 Å². The van der Waals surface area contributed by atoms with Crippen LogP contribution in [-0.4, -0.2) is 11.0 Å². The predicted octanol–water partition coefficient (Wildman–Crippen LogP) is 4.53. The van der Waals surface area contributed by atoms with E-state index in [9.17, 15) is 10.1 Å². The summed E-state index contributed by atoms with van der Waals surface area (Å²) in [4.78, 5) is 10.6. The van der Waals surface area contributed by atoms with Crippen LogP contribution in [0.15, 0.2) is 18.2 Å². The van der Waals surface area contributed by atoms with Gasteiger partial charge in [0.2, 0.25) is 0 Å². The molecule has 0 amide bonds. The second-order valence-corrected chi connectivity index (χ2v) is 7.75. The van der Waals surface area contributed by atoms with Gasteiger partial charge in [0.25, 0.3) is 5.69 Å². The van der Waals surface area contributed by atoms with Gasteiger partial charge in [0.15, 0.2) is 0 Å². The van der Waals surface area contributed by atoms with E-state index in [1.165, 1.54) is 19.3 Å². The normalized spacial score (nSPS) is 33.1. The van der Waals surface area contributed by atoms with Gasteiger partial charge in [-0.1, -0.05) is 20.8 Å². The van der Waals surface area contributed by atoms with Crippen molar-refractivity contribution < 1.29 is 4.92 Å². The molecule has 1 aromatic rings. The molecule has 0 aromatic heterocycles. The first-order chi connectivity index (χ1) is 9.74. The third-order valence-electron chi connectivity index (χ3n) is 5.97. The quantitative estimate of drug-likeness (QED) is 0.656. The smallest absolute Gasteiger partial charge is 0.272 e. The van der Waals surface area contributed by atoms with E-state index in [0.29, 0.717) is 11.5 Å². The summed E-state index contributed by atoms with van der Waals surface area (Å²) in [6, 6.07) is 5.80. The predicted molar refractivity (Wildman–Crippen MR) is 84.5 cm³/mol. The van der Waals surface area contributed by atoms with Crippen LogP contribution in [0, 0.1) is 33.8 Å². The SMILES string of the molecule is Cc1cc(NC2C(C)(C)[C@H]3CC[C@]2(C)C3)ccc1[N+](=O)[O-]. The standard InChI is InChI=1S/C17H24N2O2/c1-11-9-13(5-6-14(11)19(20)21)18-15-16(2,3)12-7-8-17(15,4)10-12/h5-6,9,12,15,18H,7-8,10H2,1-4H3/t12-,15?,17+/m0/s1. The highest BCUT2D eigenvalue weighted by molar-refractivity contribution is 5.54. The Bertz CT molecular complexity index is 592. The molecule has 1 unspecified atom stereocenters. The highest BCUT2D eigenvalue weighted by Gasteiger charge is 2.59. The van der Waals surface area contributed by atoms with Crippen molar-refractivity contribution in [2.75, 3.05) is 5.32 Å². The number of nitrogens with zero attached hydrogens (tertiary/aromatic N) is 1. The van der Waals surface area contributed by atoms with Gasteiger partial charge < -0.3 is 5.32 Å². The van der Waals surface area contributed by atoms with Gasteiger partial charge in [0.05, 0.1) is 4.92 Å². The number of fused-ring (bicyclic) bond motifs is 2. The fourth-order valence-corrected chi connectivity index (χ4v) is 4.78. The van der Waals surface area contributed by atoms with Gasteiger partial charge in [-0.15, -0.1) is 0 Å². The molecule has 21 heavy (non-hydrogen) atoms. The van der Waals surface area contributed by atoms with Crippen molar-refractivity contribution in [3.05, 3.63) is 33.9 Å². The summed E-state index contributed by atoms with van der Waals surface area (Å²) in [5, 5.41) is 14.6. The molecule has 0 radical (unpaired) electrons.